The van der Waals surface area contributed by atoms with E-state index in [9.17, 15) is 4.39 Å². The highest BCUT2D eigenvalue weighted by atomic mass is 32.1. The van der Waals surface area contributed by atoms with Gasteiger partial charge in [-0.3, -0.25) is 0 Å². The molecule has 0 amide bonds. The van der Waals surface area contributed by atoms with Crippen LogP contribution in [0.1, 0.15) is 11.1 Å². The standard InChI is InChI=1S/C15H15FN2S/c1-10-4-3-5-13(8-10)17-15(19)18-14-7-6-12(16)9-11(14)2/h3-9H,1-2H3,(H2,17,18,19). The van der Waals surface area contributed by atoms with Crippen molar-refractivity contribution in [2.75, 3.05) is 10.6 Å². The van der Waals surface area contributed by atoms with Crippen LogP contribution in [0.2, 0.25) is 0 Å². The van der Waals surface area contributed by atoms with E-state index in [1.807, 2.05) is 38.1 Å². The van der Waals surface area contributed by atoms with E-state index in [4.69, 9.17) is 12.2 Å². The van der Waals surface area contributed by atoms with Crippen molar-refractivity contribution in [1.29, 1.82) is 0 Å². The first-order valence-corrected chi connectivity index (χ1v) is 6.36. The molecule has 4 heteroatoms. The molecule has 0 aliphatic carbocycles. The molecule has 2 aromatic rings. The first kappa shape index (κ1) is 13.5. The molecule has 0 saturated heterocycles. The summed E-state index contributed by atoms with van der Waals surface area (Å²) in [6.45, 7) is 3.85. The number of rotatable bonds is 2. The van der Waals surface area contributed by atoms with Crippen molar-refractivity contribution in [2.24, 2.45) is 0 Å². The Labute approximate surface area is 117 Å². The minimum atomic E-state index is -0.249. The molecule has 2 aromatic carbocycles. The van der Waals surface area contributed by atoms with E-state index in [0.717, 1.165) is 22.5 Å². The number of nitrogens with one attached hydrogen (secondary N) is 2. The molecule has 0 aromatic heterocycles. The van der Waals surface area contributed by atoms with Crippen LogP contribution in [-0.2, 0) is 0 Å². The third-order valence-electron chi connectivity index (χ3n) is 2.71. The molecule has 0 saturated carbocycles. The third-order valence-corrected chi connectivity index (χ3v) is 2.92. The topological polar surface area (TPSA) is 24.1 Å². The van der Waals surface area contributed by atoms with Gasteiger partial charge in [-0.15, -0.1) is 0 Å². The van der Waals surface area contributed by atoms with Crippen molar-refractivity contribution in [3.05, 3.63) is 59.4 Å². The molecule has 0 unspecified atom stereocenters. The van der Waals surface area contributed by atoms with Crippen LogP contribution < -0.4 is 10.6 Å². The number of hydrogen-bond acceptors (Lipinski definition) is 1. The Bertz CT molecular complexity index is 611. The van der Waals surface area contributed by atoms with Gasteiger partial charge in [0.15, 0.2) is 5.11 Å². The number of halogens is 1. The first-order valence-electron chi connectivity index (χ1n) is 5.95. The normalized spacial score (nSPS) is 10.1. The summed E-state index contributed by atoms with van der Waals surface area (Å²) >= 11 is 5.24. The molecule has 0 aliphatic rings. The van der Waals surface area contributed by atoms with Gasteiger partial charge in [-0.1, -0.05) is 12.1 Å². The average molecular weight is 274 g/mol. The molecule has 2 N–H and O–H groups in total. The van der Waals surface area contributed by atoms with E-state index in [-0.39, 0.29) is 5.82 Å². The predicted octanol–water partition coefficient (Wildman–Crippen LogP) is 4.25. The number of aryl methyl sites for hydroxylation is 2. The number of hydrogen-bond donors (Lipinski definition) is 2. The van der Waals surface area contributed by atoms with Gasteiger partial charge in [-0.05, 0) is 67.5 Å². The smallest absolute Gasteiger partial charge is 0.175 e. The average Bonchev–Trinajstić information content (AvgIpc) is 2.33. The van der Waals surface area contributed by atoms with Crippen LogP contribution in [0.25, 0.3) is 0 Å². The van der Waals surface area contributed by atoms with Gasteiger partial charge in [0.05, 0.1) is 0 Å². The van der Waals surface area contributed by atoms with Gasteiger partial charge < -0.3 is 10.6 Å². The number of thiocarbonyl (C=S) groups is 1. The second kappa shape index (κ2) is 5.80. The Morgan fingerprint density at radius 2 is 1.84 bits per heavy atom. The molecule has 2 nitrogen and oxygen atoms in total. The quantitative estimate of drug-likeness (QED) is 0.800. The maximum Gasteiger partial charge on any atom is 0.175 e. The summed E-state index contributed by atoms with van der Waals surface area (Å²) in [6, 6.07) is 12.5. The fourth-order valence-corrected chi connectivity index (χ4v) is 2.00. The summed E-state index contributed by atoms with van der Waals surface area (Å²) in [6.07, 6.45) is 0. The third kappa shape index (κ3) is 3.76. The summed E-state index contributed by atoms with van der Waals surface area (Å²) in [7, 11) is 0. The van der Waals surface area contributed by atoms with Crippen molar-refractivity contribution in [3.8, 4) is 0 Å². The van der Waals surface area contributed by atoms with Crippen molar-refractivity contribution in [2.45, 2.75) is 13.8 Å². The fraction of sp³-hybridized carbons (Fsp3) is 0.133. The van der Waals surface area contributed by atoms with Crippen molar-refractivity contribution < 1.29 is 4.39 Å². The molecule has 0 fully saturated rings. The maximum absolute atomic E-state index is 13.0. The van der Waals surface area contributed by atoms with E-state index in [1.165, 1.54) is 12.1 Å². The highest BCUT2D eigenvalue weighted by Crippen LogP contribution is 2.16. The van der Waals surface area contributed by atoms with Crippen LogP contribution in [0.5, 0.6) is 0 Å². The number of anilines is 2. The Kier molecular flexibility index (Phi) is 4.12. The summed E-state index contributed by atoms with van der Waals surface area (Å²) in [5.41, 5.74) is 3.70. The Balaban J connectivity index is 2.05. The summed E-state index contributed by atoms with van der Waals surface area (Å²) in [5, 5.41) is 6.65. The lowest BCUT2D eigenvalue weighted by atomic mass is 10.2. The van der Waals surface area contributed by atoms with E-state index in [1.54, 1.807) is 6.07 Å². The lowest BCUT2D eigenvalue weighted by molar-refractivity contribution is 0.627. The Hall–Kier alpha value is -1.94. The molecule has 0 aliphatic heterocycles. The molecule has 0 bridgehead atoms. The molecule has 0 radical (unpaired) electrons. The van der Waals surface area contributed by atoms with Gasteiger partial charge in [0.25, 0.3) is 0 Å². The monoisotopic (exact) mass is 274 g/mol. The highest BCUT2D eigenvalue weighted by molar-refractivity contribution is 7.80. The van der Waals surface area contributed by atoms with E-state index >= 15 is 0 Å². The molecular formula is C15H15FN2S. The molecular weight excluding hydrogens is 259 g/mol. The van der Waals surface area contributed by atoms with E-state index in [2.05, 4.69) is 10.6 Å². The van der Waals surface area contributed by atoms with Gasteiger partial charge in [0.1, 0.15) is 5.82 Å². The van der Waals surface area contributed by atoms with Gasteiger partial charge in [-0.25, -0.2) is 4.39 Å². The Morgan fingerprint density at radius 1 is 1.05 bits per heavy atom. The van der Waals surface area contributed by atoms with E-state index in [0.29, 0.717) is 5.11 Å². The van der Waals surface area contributed by atoms with Crippen LogP contribution in [0, 0.1) is 19.7 Å². The lowest BCUT2D eigenvalue weighted by Crippen LogP contribution is -2.19. The SMILES string of the molecule is Cc1cccc(NC(=S)Nc2ccc(F)cc2C)c1. The van der Waals surface area contributed by atoms with Gasteiger partial charge in [0.2, 0.25) is 0 Å². The van der Waals surface area contributed by atoms with E-state index < -0.39 is 0 Å². The van der Waals surface area contributed by atoms with Crippen LogP contribution in [0.4, 0.5) is 15.8 Å². The van der Waals surface area contributed by atoms with Gasteiger partial charge >= 0.3 is 0 Å². The summed E-state index contributed by atoms with van der Waals surface area (Å²) < 4.78 is 13.0. The van der Waals surface area contributed by atoms with Gasteiger partial charge in [0, 0.05) is 11.4 Å². The van der Waals surface area contributed by atoms with Crippen molar-refractivity contribution in [3.63, 3.8) is 0 Å². The molecule has 98 valence electrons. The zero-order valence-electron chi connectivity index (χ0n) is 10.8. The maximum atomic E-state index is 13.0. The number of benzene rings is 2. The van der Waals surface area contributed by atoms with Crippen LogP contribution in [0.15, 0.2) is 42.5 Å². The Morgan fingerprint density at radius 3 is 2.53 bits per heavy atom. The fourth-order valence-electron chi connectivity index (χ4n) is 1.77. The lowest BCUT2D eigenvalue weighted by Gasteiger charge is -2.12. The largest absolute Gasteiger partial charge is 0.332 e. The predicted molar refractivity (Wildman–Crippen MR) is 82.2 cm³/mol. The van der Waals surface area contributed by atoms with Crippen molar-refractivity contribution in [1.82, 2.24) is 0 Å². The molecule has 0 atom stereocenters. The van der Waals surface area contributed by atoms with Crippen molar-refractivity contribution >= 4 is 28.7 Å². The second-order valence-electron chi connectivity index (χ2n) is 4.41. The highest BCUT2D eigenvalue weighted by Gasteiger charge is 2.03. The zero-order valence-corrected chi connectivity index (χ0v) is 11.6. The first-order chi connectivity index (χ1) is 9.04. The second-order valence-corrected chi connectivity index (χ2v) is 4.82. The molecule has 2 rings (SSSR count). The van der Waals surface area contributed by atoms with Crippen LogP contribution in [-0.4, -0.2) is 5.11 Å². The van der Waals surface area contributed by atoms with Crippen LogP contribution in [0.3, 0.4) is 0 Å². The molecule has 19 heavy (non-hydrogen) atoms. The minimum Gasteiger partial charge on any atom is -0.332 e. The molecule has 0 heterocycles. The summed E-state index contributed by atoms with van der Waals surface area (Å²) in [4.78, 5) is 0. The van der Waals surface area contributed by atoms with Crippen LogP contribution >= 0.6 is 12.2 Å². The minimum absolute atomic E-state index is 0.249. The molecule has 0 spiro atoms. The van der Waals surface area contributed by atoms with Gasteiger partial charge in [-0.2, -0.15) is 0 Å². The summed E-state index contributed by atoms with van der Waals surface area (Å²) in [5.74, 6) is -0.249. The zero-order chi connectivity index (χ0) is 13.8.